The molecule has 0 unspecified atom stereocenters. The number of pyridine rings is 1. The SMILES string of the molecule is Cc1cc(OCCOc2ccccc2)ncc1N. The number of aryl methyl sites for hydroxylation is 1. The van der Waals surface area contributed by atoms with Crippen molar-refractivity contribution in [3.8, 4) is 11.6 Å². The molecule has 0 aliphatic heterocycles. The van der Waals surface area contributed by atoms with E-state index in [4.69, 9.17) is 15.2 Å². The van der Waals surface area contributed by atoms with Crippen molar-refractivity contribution in [3.63, 3.8) is 0 Å². The molecule has 2 aromatic rings. The molecule has 0 radical (unpaired) electrons. The number of nitrogen functional groups attached to an aromatic ring is 1. The topological polar surface area (TPSA) is 57.4 Å². The van der Waals surface area contributed by atoms with Crippen molar-refractivity contribution in [2.75, 3.05) is 18.9 Å². The molecule has 4 nitrogen and oxygen atoms in total. The Labute approximate surface area is 106 Å². The first-order valence-corrected chi connectivity index (χ1v) is 5.78. The van der Waals surface area contributed by atoms with Gasteiger partial charge >= 0.3 is 0 Å². The Morgan fingerprint density at radius 3 is 2.56 bits per heavy atom. The number of nitrogens with zero attached hydrogens (tertiary/aromatic N) is 1. The molecular weight excluding hydrogens is 228 g/mol. The zero-order valence-corrected chi connectivity index (χ0v) is 10.3. The molecule has 2 N–H and O–H groups in total. The van der Waals surface area contributed by atoms with E-state index in [0.717, 1.165) is 11.3 Å². The highest BCUT2D eigenvalue weighted by Crippen LogP contribution is 2.15. The van der Waals surface area contributed by atoms with Crippen molar-refractivity contribution in [3.05, 3.63) is 48.2 Å². The van der Waals surface area contributed by atoms with Gasteiger partial charge in [-0.25, -0.2) is 4.98 Å². The van der Waals surface area contributed by atoms with Crippen molar-refractivity contribution in [1.82, 2.24) is 4.98 Å². The predicted molar refractivity (Wildman–Crippen MR) is 70.8 cm³/mol. The summed E-state index contributed by atoms with van der Waals surface area (Å²) in [5.74, 6) is 1.40. The average molecular weight is 244 g/mol. The van der Waals surface area contributed by atoms with E-state index < -0.39 is 0 Å². The van der Waals surface area contributed by atoms with Crippen LogP contribution in [0.15, 0.2) is 42.6 Å². The first kappa shape index (κ1) is 12.2. The van der Waals surface area contributed by atoms with Crippen LogP contribution in [0.3, 0.4) is 0 Å². The summed E-state index contributed by atoms with van der Waals surface area (Å²) < 4.78 is 11.0. The van der Waals surface area contributed by atoms with Crippen LogP contribution in [0.4, 0.5) is 5.69 Å². The molecule has 0 fully saturated rings. The van der Waals surface area contributed by atoms with Gasteiger partial charge in [0.25, 0.3) is 0 Å². The summed E-state index contributed by atoms with van der Waals surface area (Å²) in [5.41, 5.74) is 7.31. The maximum atomic E-state index is 5.68. The fraction of sp³-hybridized carbons (Fsp3) is 0.214. The Bertz CT molecular complexity index is 500. The maximum Gasteiger partial charge on any atom is 0.213 e. The zero-order valence-electron chi connectivity index (χ0n) is 10.3. The lowest BCUT2D eigenvalue weighted by molar-refractivity contribution is 0.212. The molecule has 18 heavy (non-hydrogen) atoms. The molecule has 0 atom stereocenters. The highest BCUT2D eigenvalue weighted by atomic mass is 16.5. The van der Waals surface area contributed by atoms with Crippen LogP contribution in [0.25, 0.3) is 0 Å². The second-order valence-electron chi connectivity index (χ2n) is 3.89. The third kappa shape index (κ3) is 3.38. The minimum Gasteiger partial charge on any atom is -0.490 e. The third-order valence-corrected chi connectivity index (χ3v) is 2.47. The molecule has 1 aromatic heterocycles. The molecule has 1 aromatic carbocycles. The van der Waals surface area contributed by atoms with Gasteiger partial charge in [-0.05, 0) is 24.6 Å². The normalized spacial score (nSPS) is 10.1. The molecule has 0 amide bonds. The second kappa shape index (κ2) is 5.91. The molecule has 0 spiro atoms. The van der Waals surface area contributed by atoms with Crippen molar-refractivity contribution < 1.29 is 9.47 Å². The smallest absolute Gasteiger partial charge is 0.213 e. The van der Waals surface area contributed by atoms with Gasteiger partial charge in [0.15, 0.2) is 0 Å². The molecule has 2 rings (SSSR count). The van der Waals surface area contributed by atoms with Gasteiger partial charge in [-0.2, -0.15) is 0 Å². The number of nitrogens with two attached hydrogens (primary N) is 1. The van der Waals surface area contributed by atoms with E-state index >= 15 is 0 Å². The molecule has 0 aliphatic rings. The monoisotopic (exact) mass is 244 g/mol. The number of hydrogen-bond acceptors (Lipinski definition) is 4. The van der Waals surface area contributed by atoms with Gasteiger partial charge < -0.3 is 15.2 Å². The van der Waals surface area contributed by atoms with Gasteiger partial charge in [0.2, 0.25) is 5.88 Å². The average Bonchev–Trinajstić information content (AvgIpc) is 2.40. The minimum atomic E-state index is 0.450. The number of anilines is 1. The summed E-state index contributed by atoms with van der Waals surface area (Å²) in [5, 5.41) is 0. The molecule has 4 heteroatoms. The van der Waals surface area contributed by atoms with Crippen molar-refractivity contribution in [1.29, 1.82) is 0 Å². The highest BCUT2D eigenvalue weighted by Gasteiger charge is 1.99. The fourth-order valence-electron chi connectivity index (χ4n) is 1.44. The third-order valence-electron chi connectivity index (χ3n) is 2.47. The minimum absolute atomic E-state index is 0.450. The standard InChI is InChI=1S/C14H16N2O2/c1-11-9-14(16-10-13(11)15)18-8-7-17-12-5-3-2-4-6-12/h2-6,9-10H,7-8,15H2,1H3. The summed E-state index contributed by atoms with van der Waals surface area (Å²) in [6, 6.07) is 11.4. The molecule has 0 bridgehead atoms. The van der Waals surface area contributed by atoms with Crippen molar-refractivity contribution in [2.24, 2.45) is 0 Å². The van der Waals surface area contributed by atoms with Crippen LogP contribution in [0, 0.1) is 6.92 Å². The largest absolute Gasteiger partial charge is 0.490 e. The van der Waals surface area contributed by atoms with E-state index in [2.05, 4.69) is 4.98 Å². The molecule has 0 saturated carbocycles. The van der Waals surface area contributed by atoms with Gasteiger partial charge in [-0.3, -0.25) is 0 Å². The van der Waals surface area contributed by atoms with Gasteiger partial charge in [0, 0.05) is 6.07 Å². The zero-order chi connectivity index (χ0) is 12.8. The molecule has 1 heterocycles. The van der Waals surface area contributed by atoms with Crippen LogP contribution < -0.4 is 15.2 Å². The van der Waals surface area contributed by atoms with Crippen molar-refractivity contribution >= 4 is 5.69 Å². The Kier molecular flexibility index (Phi) is 4.02. The van der Waals surface area contributed by atoms with Gasteiger partial charge in [-0.15, -0.1) is 0 Å². The Balaban J connectivity index is 1.77. The van der Waals surface area contributed by atoms with Crippen LogP contribution in [0.5, 0.6) is 11.6 Å². The van der Waals surface area contributed by atoms with E-state index in [0.29, 0.717) is 24.8 Å². The van der Waals surface area contributed by atoms with E-state index in [-0.39, 0.29) is 0 Å². The number of benzene rings is 1. The van der Waals surface area contributed by atoms with Crippen LogP contribution in [0.1, 0.15) is 5.56 Å². The Hall–Kier alpha value is -2.23. The first-order chi connectivity index (χ1) is 8.75. The van der Waals surface area contributed by atoms with Gasteiger partial charge in [0.1, 0.15) is 19.0 Å². The lowest BCUT2D eigenvalue weighted by Gasteiger charge is -2.08. The fourth-order valence-corrected chi connectivity index (χ4v) is 1.44. The molecule has 0 aliphatic carbocycles. The number of para-hydroxylation sites is 1. The molecule has 94 valence electrons. The summed E-state index contributed by atoms with van der Waals surface area (Å²) in [6.45, 7) is 2.85. The quantitative estimate of drug-likeness (QED) is 0.821. The predicted octanol–water partition coefficient (Wildman–Crippen LogP) is 2.43. The number of aromatic nitrogens is 1. The second-order valence-corrected chi connectivity index (χ2v) is 3.89. The van der Waals surface area contributed by atoms with E-state index in [1.807, 2.05) is 43.3 Å². The van der Waals surface area contributed by atoms with Gasteiger partial charge in [-0.1, -0.05) is 18.2 Å². The molecule has 0 saturated heterocycles. The summed E-state index contributed by atoms with van der Waals surface area (Å²) >= 11 is 0. The number of rotatable bonds is 5. The number of ether oxygens (including phenoxy) is 2. The van der Waals surface area contributed by atoms with Crippen molar-refractivity contribution in [2.45, 2.75) is 6.92 Å². The molecular formula is C14H16N2O2. The van der Waals surface area contributed by atoms with E-state index in [9.17, 15) is 0 Å². The maximum absolute atomic E-state index is 5.68. The Morgan fingerprint density at radius 1 is 1.11 bits per heavy atom. The van der Waals surface area contributed by atoms with Crippen LogP contribution in [-0.4, -0.2) is 18.2 Å². The highest BCUT2D eigenvalue weighted by molar-refractivity contribution is 5.45. The Morgan fingerprint density at radius 2 is 1.83 bits per heavy atom. The summed E-state index contributed by atoms with van der Waals surface area (Å²) in [6.07, 6.45) is 1.60. The van der Waals surface area contributed by atoms with E-state index in [1.54, 1.807) is 6.20 Å². The van der Waals surface area contributed by atoms with Gasteiger partial charge in [0.05, 0.1) is 11.9 Å². The summed E-state index contributed by atoms with van der Waals surface area (Å²) in [4.78, 5) is 4.08. The van der Waals surface area contributed by atoms with Crippen LogP contribution in [-0.2, 0) is 0 Å². The van der Waals surface area contributed by atoms with Crippen LogP contribution >= 0.6 is 0 Å². The van der Waals surface area contributed by atoms with E-state index in [1.165, 1.54) is 0 Å². The lowest BCUT2D eigenvalue weighted by atomic mass is 10.2. The number of hydrogen-bond donors (Lipinski definition) is 1. The summed E-state index contributed by atoms with van der Waals surface area (Å²) in [7, 11) is 0. The van der Waals surface area contributed by atoms with Crippen LogP contribution in [0.2, 0.25) is 0 Å². The lowest BCUT2D eigenvalue weighted by Crippen LogP contribution is -2.09. The first-order valence-electron chi connectivity index (χ1n) is 5.78.